The smallest absolute Gasteiger partial charge is 0.249 e. The van der Waals surface area contributed by atoms with Crippen LogP contribution in [-0.2, 0) is 4.79 Å². The van der Waals surface area contributed by atoms with Crippen molar-refractivity contribution in [2.45, 2.75) is 44.8 Å². The third kappa shape index (κ3) is 3.31. The number of aliphatic hydroxyl groups is 1. The van der Waals surface area contributed by atoms with Crippen molar-refractivity contribution in [1.82, 2.24) is 15.3 Å². The Balaban J connectivity index is 1.45. The molecule has 2 aromatic rings. The highest BCUT2D eigenvalue weighted by Gasteiger charge is 2.33. The van der Waals surface area contributed by atoms with Crippen LogP contribution in [0.4, 0.5) is 5.82 Å². The minimum Gasteiger partial charge on any atom is -0.383 e. The summed E-state index contributed by atoms with van der Waals surface area (Å²) >= 11 is 0. The van der Waals surface area contributed by atoms with E-state index in [1.54, 1.807) is 6.33 Å². The molecule has 0 bridgehead atoms. The Morgan fingerprint density at radius 2 is 2.00 bits per heavy atom. The number of aromatic nitrogens is 2. The van der Waals surface area contributed by atoms with Gasteiger partial charge >= 0.3 is 0 Å². The molecule has 1 saturated carbocycles. The Kier molecular flexibility index (Phi) is 4.29. The summed E-state index contributed by atoms with van der Waals surface area (Å²) in [6.45, 7) is 3.64. The minimum atomic E-state index is -0.896. The van der Waals surface area contributed by atoms with E-state index in [0.29, 0.717) is 0 Å². The zero-order valence-corrected chi connectivity index (χ0v) is 14.5. The predicted molar refractivity (Wildman–Crippen MR) is 96.4 cm³/mol. The largest absolute Gasteiger partial charge is 0.383 e. The van der Waals surface area contributed by atoms with Gasteiger partial charge in [0, 0.05) is 24.5 Å². The number of carbonyl (C=O) groups is 1. The molecule has 1 aliphatic heterocycles. The van der Waals surface area contributed by atoms with Crippen LogP contribution < -0.4 is 10.2 Å². The molecule has 0 radical (unpaired) electrons. The van der Waals surface area contributed by atoms with Gasteiger partial charge in [0.15, 0.2) is 0 Å². The Morgan fingerprint density at radius 3 is 2.72 bits per heavy atom. The predicted octanol–water partition coefficient (Wildman–Crippen LogP) is 1.79. The van der Waals surface area contributed by atoms with Gasteiger partial charge in [0.1, 0.15) is 18.2 Å². The second kappa shape index (κ2) is 6.59. The van der Waals surface area contributed by atoms with Gasteiger partial charge in [-0.3, -0.25) is 4.79 Å². The molecule has 1 amide bonds. The van der Waals surface area contributed by atoms with Gasteiger partial charge in [-0.2, -0.15) is 0 Å². The normalized spacial score (nSPS) is 19.8. The number of aliphatic hydroxyl groups excluding tert-OH is 1. The van der Waals surface area contributed by atoms with Gasteiger partial charge in [-0.05, 0) is 50.2 Å². The number of anilines is 1. The van der Waals surface area contributed by atoms with Crippen LogP contribution in [0, 0.1) is 12.8 Å². The van der Waals surface area contributed by atoms with E-state index in [-0.39, 0.29) is 17.9 Å². The molecule has 0 unspecified atom stereocenters. The summed E-state index contributed by atoms with van der Waals surface area (Å²) in [5.74, 6) is 0.762. The average molecular weight is 340 g/mol. The fourth-order valence-electron chi connectivity index (χ4n) is 3.63. The number of aryl methyl sites for hydroxylation is 1. The monoisotopic (exact) mass is 340 g/mol. The number of hydrogen-bond donors (Lipinski definition) is 2. The fraction of sp³-hybridized carbons (Fsp3) is 0.526. The molecule has 2 heterocycles. The molecule has 4 rings (SSSR count). The van der Waals surface area contributed by atoms with Gasteiger partial charge in [-0.25, -0.2) is 9.97 Å². The third-order valence-electron chi connectivity index (χ3n) is 5.32. The Morgan fingerprint density at radius 1 is 1.24 bits per heavy atom. The van der Waals surface area contributed by atoms with Gasteiger partial charge in [-0.15, -0.1) is 0 Å². The number of para-hydroxylation sites is 1. The number of nitrogens with zero attached hydrogens (tertiary/aromatic N) is 3. The SMILES string of the molecule is Cc1cccc2c(N3CCC([C@H](O)C(=O)NC4CC4)CC3)ncnc12. The standard InChI is InChI=1S/C19H24N4O2/c1-12-3-2-4-15-16(12)20-11-21-18(15)23-9-7-13(8-10-23)17(24)19(25)22-14-5-6-14/h2-4,11,13-14,17,24H,5-10H2,1H3,(H,22,25)/t17-/m0/s1. The molecule has 1 aromatic heterocycles. The van der Waals surface area contributed by atoms with Crippen molar-refractivity contribution >= 4 is 22.6 Å². The van der Waals surface area contributed by atoms with E-state index in [1.807, 2.05) is 6.07 Å². The molecule has 1 aromatic carbocycles. The highest BCUT2D eigenvalue weighted by Crippen LogP contribution is 2.30. The van der Waals surface area contributed by atoms with E-state index in [9.17, 15) is 9.90 Å². The lowest BCUT2D eigenvalue weighted by atomic mass is 9.90. The number of fused-ring (bicyclic) bond motifs is 1. The number of piperidine rings is 1. The van der Waals surface area contributed by atoms with Crippen LogP contribution >= 0.6 is 0 Å². The zero-order chi connectivity index (χ0) is 17.4. The van der Waals surface area contributed by atoms with Gasteiger partial charge in [0.25, 0.3) is 0 Å². The first-order valence-electron chi connectivity index (χ1n) is 9.07. The third-order valence-corrected chi connectivity index (χ3v) is 5.32. The van der Waals surface area contributed by atoms with E-state index < -0.39 is 6.10 Å². The molecule has 132 valence electrons. The quantitative estimate of drug-likeness (QED) is 0.887. The summed E-state index contributed by atoms with van der Waals surface area (Å²) in [7, 11) is 0. The second-order valence-corrected chi connectivity index (χ2v) is 7.22. The maximum absolute atomic E-state index is 12.1. The van der Waals surface area contributed by atoms with Crippen LogP contribution in [0.15, 0.2) is 24.5 Å². The van der Waals surface area contributed by atoms with Crippen LogP contribution in [0.2, 0.25) is 0 Å². The van der Waals surface area contributed by atoms with E-state index >= 15 is 0 Å². The summed E-state index contributed by atoms with van der Waals surface area (Å²) in [5, 5.41) is 14.3. The lowest BCUT2D eigenvalue weighted by Gasteiger charge is -2.34. The van der Waals surface area contributed by atoms with Crippen LogP contribution in [0.25, 0.3) is 10.9 Å². The van der Waals surface area contributed by atoms with Crippen LogP contribution in [-0.4, -0.2) is 46.2 Å². The second-order valence-electron chi connectivity index (χ2n) is 7.22. The number of hydrogen-bond acceptors (Lipinski definition) is 5. The van der Waals surface area contributed by atoms with E-state index in [2.05, 4.69) is 39.2 Å². The first-order chi connectivity index (χ1) is 12.1. The first kappa shape index (κ1) is 16.3. The molecule has 1 saturated heterocycles. The number of benzene rings is 1. The van der Waals surface area contributed by atoms with E-state index in [0.717, 1.165) is 61.1 Å². The summed E-state index contributed by atoms with van der Waals surface area (Å²) in [4.78, 5) is 23.2. The van der Waals surface area contributed by atoms with Gasteiger partial charge < -0.3 is 15.3 Å². The molecule has 25 heavy (non-hydrogen) atoms. The maximum Gasteiger partial charge on any atom is 0.249 e. The Hall–Kier alpha value is -2.21. The molecule has 2 fully saturated rings. The van der Waals surface area contributed by atoms with Gasteiger partial charge in [-0.1, -0.05) is 12.1 Å². The number of carbonyl (C=O) groups excluding carboxylic acids is 1. The topological polar surface area (TPSA) is 78.4 Å². The first-order valence-corrected chi connectivity index (χ1v) is 9.07. The number of amides is 1. The summed E-state index contributed by atoms with van der Waals surface area (Å²) < 4.78 is 0. The van der Waals surface area contributed by atoms with Crippen LogP contribution in [0.1, 0.15) is 31.2 Å². The van der Waals surface area contributed by atoms with Crippen LogP contribution in [0.5, 0.6) is 0 Å². The molecule has 6 nitrogen and oxygen atoms in total. The summed E-state index contributed by atoms with van der Waals surface area (Å²) in [5.41, 5.74) is 2.13. The van der Waals surface area contributed by atoms with Crippen molar-refractivity contribution in [3.63, 3.8) is 0 Å². The molecular weight excluding hydrogens is 316 g/mol. The molecule has 2 aliphatic rings. The molecule has 1 aliphatic carbocycles. The molecular formula is C19H24N4O2. The average Bonchev–Trinajstić information content (AvgIpc) is 3.45. The van der Waals surface area contributed by atoms with Crippen molar-refractivity contribution in [1.29, 1.82) is 0 Å². The van der Waals surface area contributed by atoms with Crippen LogP contribution in [0.3, 0.4) is 0 Å². The minimum absolute atomic E-state index is 0.0184. The maximum atomic E-state index is 12.1. The summed E-state index contributed by atoms with van der Waals surface area (Å²) in [6, 6.07) is 6.43. The van der Waals surface area contributed by atoms with E-state index in [4.69, 9.17) is 0 Å². The van der Waals surface area contributed by atoms with Gasteiger partial charge in [0.05, 0.1) is 5.52 Å². The van der Waals surface area contributed by atoms with Crippen molar-refractivity contribution in [2.75, 3.05) is 18.0 Å². The van der Waals surface area contributed by atoms with Crippen molar-refractivity contribution in [2.24, 2.45) is 5.92 Å². The Bertz CT molecular complexity index is 782. The molecule has 2 N–H and O–H groups in total. The van der Waals surface area contributed by atoms with Crippen molar-refractivity contribution < 1.29 is 9.90 Å². The lowest BCUT2D eigenvalue weighted by Crippen LogP contribution is -2.45. The number of rotatable bonds is 4. The zero-order valence-electron chi connectivity index (χ0n) is 14.5. The highest BCUT2D eigenvalue weighted by atomic mass is 16.3. The molecule has 1 atom stereocenters. The molecule has 6 heteroatoms. The van der Waals surface area contributed by atoms with Crippen molar-refractivity contribution in [3.8, 4) is 0 Å². The Labute approximate surface area is 147 Å². The highest BCUT2D eigenvalue weighted by molar-refractivity contribution is 5.91. The van der Waals surface area contributed by atoms with Crippen molar-refractivity contribution in [3.05, 3.63) is 30.1 Å². The molecule has 0 spiro atoms. The van der Waals surface area contributed by atoms with E-state index in [1.165, 1.54) is 0 Å². The van der Waals surface area contributed by atoms with Gasteiger partial charge in [0.2, 0.25) is 5.91 Å². The fourth-order valence-corrected chi connectivity index (χ4v) is 3.63. The lowest BCUT2D eigenvalue weighted by molar-refractivity contribution is -0.132. The number of nitrogens with one attached hydrogen (secondary N) is 1. The summed E-state index contributed by atoms with van der Waals surface area (Å²) in [6.07, 6.45) is 4.38.